The van der Waals surface area contributed by atoms with Gasteiger partial charge in [-0.05, 0) is 31.8 Å². The third kappa shape index (κ3) is 4.07. The zero-order chi connectivity index (χ0) is 9.03. The van der Waals surface area contributed by atoms with Crippen LogP contribution in [-0.4, -0.2) is 36.4 Å². The van der Waals surface area contributed by atoms with Crippen LogP contribution in [0.3, 0.4) is 0 Å². The highest BCUT2D eigenvalue weighted by Crippen LogP contribution is 2.11. The fourth-order valence-corrected chi connectivity index (χ4v) is 1.92. The molecule has 1 aliphatic heterocycles. The molecule has 0 aromatic rings. The van der Waals surface area contributed by atoms with Gasteiger partial charge < -0.3 is 5.32 Å². The highest BCUT2D eigenvalue weighted by Gasteiger charge is 2.12. The van der Waals surface area contributed by atoms with E-state index in [0.29, 0.717) is 5.92 Å². The van der Waals surface area contributed by atoms with Crippen LogP contribution in [0.15, 0.2) is 4.36 Å². The zero-order valence-electron chi connectivity index (χ0n) is 7.88. The molecule has 1 heterocycles. The normalized spacial score (nSPS) is 20.8. The van der Waals surface area contributed by atoms with Crippen molar-refractivity contribution >= 4 is 9.73 Å². The summed E-state index contributed by atoms with van der Waals surface area (Å²) in [6.07, 6.45) is 5.76. The first-order valence-corrected chi connectivity index (χ1v) is 6.75. The lowest BCUT2D eigenvalue weighted by Gasteiger charge is -2.20. The van der Waals surface area contributed by atoms with Crippen LogP contribution in [0.5, 0.6) is 0 Å². The van der Waals surface area contributed by atoms with E-state index in [0.717, 1.165) is 19.6 Å². The van der Waals surface area contributed by atoms with Crippen LogP contribution in [0, 0.1) is 5.92 Å². The molecular weight excluding hydrogens is 172 g/mol. The Balaban J connectivity index is 2.36. The lowest BCUT2D eigenvalue weighted by atomic mass is 9.99. The summed E-state index contributed by atoms with van der Waals surface area (Å²) in [5.74, 6) is 0.659. The Morgan fingerprint density at radius 2 is 2.00 bits per heavy atom. The Labute approximate surface area is 75.1 Å². The second-order valence-electron chi connectivity index (χ2n) is 3.69. The second kappa shape index (κ2) is 4.23. The first-order valence-electron chi connectivity index (χ1n) is 4.41. The van der Waals surface area contributed by atoms with Crippen LogP contribution >= 0.6 is 0 Å². The molecule has 0 aliphatic carbocycles. The molecule has 72 valence electrons. The number of hydrogen-bond donors (Lipinski definition) is 1. The third-order valence-electron chi connectivity index (χ3n) is 2.10. The van der Waals surface area contributed by atoms with Crippen LogP contribution in [-0.2, 0) is 9.73 Å². The molecule has 0 spiro atoms. The van der Waals surface area contributed by atoms with Gasteiger partial charge in [0.1, 0.15) is 0 Å². The Morgan fingerprint density at radius 1 is 1.42 bits per heavy atom. The summed E-state index contributed by atoms with van der Waals surface area (Å²) in [7, 11) is -1.87. The Hall–Kier alpha value is -0.0900. The highest BCUT2D eigenvalue weighted by molar-refractivity contribution is 7.92. The minimum absolute atomic E-state index is 0.659. The van der Waals surface area contributed by atoms with Gasteiger partial charge in [-0.2, -0.15) is 0 Å². The largest absolute Gasteiger partial charge is 0.317 e. The number of rotatable bonds is 2. The molecule has 1 fully saturated rings. The van der Waals surface area contributed by atoms with Gasteiger partial charge in [0.05, 0.1) is 6.54 Å². The second-order valence-corrected chi connectivity index (χ2v) is 6.31. The molecule has 0 radical (unpaired) electrons. The zero-order valence-corrected chi connectivity index (χ0v) is 8.69. The average Bonchev–Trinajstić information content (AvgIpc) is 2.02. The molecule has 1 rings (SSSR count). The van der Waals surface area contributed by atoms with Crippen LogP contribution in [0.25, 0.3) is 0 Å². The molecule has 0 unspecified atom stereocenters. The van der Waals surface area contributed by atoms with Gasteiger partial charge in [-0.3, -0.25) is 4.21 Å². The van der Waals surface area contributed by atoms with E-state index in [1.807, 2.05) is 0 Å². The molecule has 0 bridgehead atoms. The number of piperidine rings is 1. The van der Waals surface area contributed by atoms with Crippen molar-refractivity contribution < 1.29 is 4.21 Å². The van der Waals surface area contributed by atoms with E-state index >= 15 is 0 Å². The van der Waals surface area contributed by atoms with Crippen molar-refractivity contribution in [1.82, 2.24) is 5.32 Å². The topological polar surface area (TPSA) is 41.5 Å². The predicted molar refractivity (Wildman–Crippen MR) is 52.9 cm³/mol. The summed E-state index contributed by atoms with van der Waals surface area (Å²) in [6.45, 7) is 2.97. The summed E-state index contributed by atoms with van der Waals surface area (Å²) in [5, 5.41) is 3.30. The molecule has 12 heavy (non-hydrogen) atoms. The van der Waals surface area contributed by atoms with E-state index in [4.69, 9.17) is 0 Å². The van der Waals surface area contributed by atoms with Crippen LogP contribution in [0.1, 0.15) is 12.8 Å². The van der Waals surface area contributed by atoms with Crippen molar-refractivity contribution in [3.63, 3.8) is 0 Å². The summed E-state index contributed by atoms with van der Waals surface area (Å²) in [5.41, 5.74) is 0. The molecule has 1 aliphatic rings. The molecular formula is C8H18N2OS. The minimum Gasteiger partial charge on any atom is -0.317 e. The molecule has 3 nitrogen and oxygen atoms in total. The van der Waals surface area contributed by atoms with Gasteiger partial charge in [0.2, 0.25) is 0 Å². The predicted octanol–water partition coefficient (Wildman–Crippen LogP) is 0.714. The maximum absolute atomic E-state index is 11.2. The van der Waals surface area contributed by atoms with Crippen molar-refractivity contribution in [2.75, 3.05) is 32.1 Å². The monoisotopic (exact) mass is 190 g/mol. The van der Waals surface area contributed by atoms with Crippen molar-refractivity contribution in [2.45, 2.75) is 12.8 Å². The van der Waals surface area contributed by atoms with Gasteiger partial charge in [-0.15, -0.1) is 0 Å². The number of nitrogens with one attached hydrogen (secondary N) is 1. The summed E-state index contributed by atoms with van der Waals surface area (Å²) < 4.78 is 15.4. The Morgan fingerprint density at radius 3 is 2.50 bits per heavy atom. The van der Waals surface area contributed by atoms with E-state index in [1.54, 1.807) is 12.5 Å². The van der Waals surface area contributed by atoms with Gasteiger partial charge in [0, 0.05) is 22.2 Å². The standard InChI is InChI=1S/C8H18N2OS/c1-12(2,11)10-7-8-3-5-9-6-4-8/h8-9H,3-7H2,1-2H3. The average molecular weight is 190 g/mol. The molecule has 1 N–H and O–H groups in total. The first kappa shape index (κ1) is 9.99. The van der Waals surface area contributed by atoms with Gasteiger partial charge in [-0.1, -0.05) is 0 Å². The quantitative estimate of drug-likeness (QED) is 0.697. The fraction of sp³-hybridized carbons (Fsp3) is 1.00. The fourth-order valence-electron chi connectivity index (χ4n) is 1.35. The lowest BCUT2D eigenvalue weighted by molar-refractivity contribution is 0.384. The van der Waals surface area contributed by atoms with E-state index in [2.05, 4.69) is 9.68 Å². The molecule has 0 saturated carbocycles. The maximum Gasteiger partial charge on any atom is 0.0513 e. The molecule has 1 saturated heterocycles. The Kier molecular flexibility index (Phi) is 3.53. The molecule has 4 heteroatoms. The van der Waals surface area contributed by atoms with E-state index in [-0.39, 0.29) is 0 Å². The summed E-state index contributed by atoms with van der Waals surface area (Å²) in [4.78, 5) is 0. The van der Waals surface area contributed by atoms with E-state index in [1.165, 1.54) is 12.8 Å². The molecule has 0 aromatic carbocycles. The first-order chi connectivity index (χ1) is 5.58. The number of nitrogens with zero attached hydrogens (tertiary/aromatic N) is 1. The smallest absolute Gasteiger partial charge is 0.0513 e. The van der Waals surface area contributed by atoms with Crippen molar-refractivity contribution in [3.05, 3.63) is 0 Å². The summed E-state index contributed by atoms with van der Waals surface area (Å²) >= 11 is 0. The van der Waals surface area contributed by atoms with Gasteiger partial charge >= 0.3 is 0 Å². The van der Waals surface area contributed by atoms with Gasteiger partial charge in [0.15, 0.2) is 0 Å². The molecule has 0 aromatic heterocycles. The number of hydrogen-bond acceptors (Lipinski definition) is 3. The molecule has 0 atom stereocenters. The van der Waals surface area contributed by atoms with E-state index < -0.39 is 9.73 Å². The minimum atomic E-state index is -1.87. The SMILES string of the molecule is CS(C)(=O)=NCC1CCNCC1. The van der Waals surface area contributed by atoms with Crippen molar-refractivity contribution in [2.24, 2.45) is 10.3 Å². The van der Waals surface area contributed by atoms with Crippen molar-refractivity contribution in [1.29, 1.82) is 0 Å². The van der Waals surface area contributed by atoms with Gasteiger partial charge in [0.25, 0.3) is 0 Å². The van der Waals surface area contributed by atoms with Crippen LogP contribution in [0.2, 0.25) is 0 Å². The van der Waals surface area contributed by atoms with E-state index in [9.17, 15) is 4.21 Å². The van der Waals surface area contributed by atoms with Crippen molar-refractivity contribution in [3.8, 4) is 0 Å². The van der Waals surface area contributed by atoms with Crippen LogP contribution < -0.4 is 5.32 Å². The summed E-state index contributed by atoms with van der Waals surface area (Å²) in [6, 6.07) is 0. The Bertz CT molecular complexity index is 229. The molecule has 0 amide bonds. The van der Waals surface area contributed by atoms with Crippen LogP contribution in [0.4, 0.5) is 0 Å². The maximum atomic E-state index is 11.2. The highest BCUT2D eigenvalue weighted by atomic mass is 32.2. The third-order valence-corrected chi connectivity index (χ3v) is 2.87. The lowest BCUT2D eigenvalue weighted by Crippen LogP contribution is -2.29. The van der Waals surface area contributed by atoms with Gasteiger partial charge in [-0.25, -0.2) is 4.36 Å².